The highest BCUT2D eigenvalue weighted by atomic mass is 16.5. The summed E-state index contributed by atoms with van der Waals surface area (Å²) < 4.78 is 5.59. The zero-order valence-corrected chi connectivity index (χ0v) is 11.3. The minimum atomic E-state index is -0.376. The van der Waals surface area contributed by atoms with Crippen molar-refractivity contribution in [2.45, 2.75) is 64.3 Å². The van der Waals surface area contributed by atoms with E-state index in [0.29, 0.717) is 0 Å². The Morgan fingerprint density at radius 1 is 1.33 bits per heavy atom. The van der Waals surface area contributed by atoms with E-state index in [1.54, 1.807) is 0 Å². The number of ether oxygens (including phenoxy) is 1. The van der Waals surface area contributed by atoms with E-state index in [1.165, 1.54) is 4.90 Å². The highest BCUT2D eigenvalue weighted by molar-refractivity contribution is 6.05. The average molecular weight is 254 g/mol. The van der Waals surface area contributed by atoms with Gasteiger partial charge in [-0.1, -0.05) is 0 Å². The predicted octanol–water partition coefficient (Wildman–Crippen LogP) is 0.679. The molecule has 2 heterocycles. The van der Waals surface area contributed by atoms with Gasteiger partial charge in [-0.3, -0.25) is 14.5 Å². The Labute approximate surface area is 108 Å². The molecule has 5 nitrogen and oxygen atoms in total. The maximum absolute atomic E-state index is 12.1. The van der Waals surface area contributed by atoms with Crippen molar-refractivity contribution in [1.82, 2.24) is 10.2 Å². The Kier molecular flexibility index (Phi) is 4.02. The molecule has 1 N–H and O–H groups in total. The summed E-state index contributed by atoms with van der Waals surface area (Å²) in [5, 5.41) is 3.25. The molecule has 2 aliphatic heterocycles. The highest BCUT2D eigenvalue weighted by Crippen LogP contribution is 2.20. The van der Waals surface area contributed by atoms with Gasteiger partial charge >= 0.3 is 0 Å². The van der Waals surface area contributed by atoms with Crippen LogP contribution < -0.4 is 5.32 Å². The van der Waals surface area contributed by atoms with Gasteiger partial charge in [0, 0.05) is 18.7 Å². The van der Waals surface area contributed by atoms with E-state index in [4.69, 9.17) is 4.74 Å². The maximum Gasteiger partial charge on any atom is 0.247 e. The molecule has 0 aromatic rings. The third-order valence-corrected chi connectivity index (χ3v) is 3.69. The number of hydrogen-bond donors (Lipinski definition) is 1. The lowest BCUT2D eigenvalue weighted by molar-refractivity contribution is -0.140. The van der Waals surface area contributed by atoms with Crippen LogP contribution in [0.1, 0.15) is 40.0 Å². The van der Waals surface area contributed by atoms with Crippen LogP contribution in [-0.2, 0) is 14.3 Å². The number of nitrogens with one attached hydrogen (secondary N) is 1. The number of likely N-dealkylation sites (tertiary alicyclic amines) is 1. The second-order valence-electron chi connectivity index (χ2n) is 5.46. The van der Waals surface area contributed by atoms with Gasteiger partial charge in [0.05, 0.1) is 18.6 Å². The summed E-state index contributed by atoms with van der Waals surface area (Å²) in [5.74, 6) is -0.174. The average Bonchev–Trinajstić information content (AvgIpc) is 2.88. The summed E-state index contributed by atoms with van der Waals surface area (Å²) in [6.07, 6.45) is 2.54. The Balaban J connectivity index is 1.94. The second kappa shape index (κ2) is 5.36. The molecule has 0 radical (unpaired) electrons. The van der Waals surface area contributed by atoms with Gasteiger partial charge in [-0.2, -0.15) is 0 Å². The zero-order valence-electron chi connectivity index (χ0n) is 11.3. The molecule has 2 aliphatic rings. The fourth-order valence-corrected chi connectivity index (χ4v) is 2.75. The van der Waals surface area contributed by atoms with E-state index < -0.39 is 0 Å². The molecule has 3 unspecified atom stereocenters. The Bertz CT molecular complexity index is 337. The van der Waals surface area contributed by atoms with Crippen molar-refractivity contribution in [3.05, 3.63) is 0 Å². The SMILES string of the molecule is CC(NC1CC(=O)N(C(C)C)C1=O)C1CCCO1. The standard InChI is InChI=1S/C13H22N2O3/c1-8(2)15-12(16)7-10(13(15)17)14-9(3)11-5-4-6-18-11/h8-11,14H,4-7H2,1-3H3. The Morgan fingerprint density at radius 3 is 2.56 bits per heavy atom. The largest absolute Gasteiger partial charge is 0.377 e. The zero-order chi connectivity index (χ0) is 13.3. The van der Waals surface area contributed by atoms with Crippen molar-refractivity contribution in [2.24, 2.45) is 0 Å². The lowest BCUT2D eigenvalue weighted by Gasteiger charge is -2.24. The van der Waals surface area contributed by atoms with Crippen molar-refractivity contribution in [1.29, 1.82) is 0 Å². The summed E-state index contributed by atoms with van der Waals surface area (Å²) >= 11 is 0. The number of hydrogen-bond acceptors (Lipinski definition) is 4. The molecule has 2 saturated heterocycles. The third-order valence-electron chi connectivity index (χ3n) is 3.69. The van der Waals surface area contributed by atoms with Crippen molar-refractivity contribution >= 4 is 11.8 Å². The lowest BCUT2D eigenvalue weighted by Crippen LogP contribution is -2.48. The summed E-state index contributed by atoms with van der Waals surface area (Å²) in [6.45, 7) is 6.54. The van der Waals surface area contributed by atoms with Gasteiger partial charge in [0.2, 0.25) is 11.8 Å². The van der Waals surface area contributed by atoms with Gasteiger partial charge in [-0.25, -0.2) is 0 Å². The quantitative estimate of drug-likeness (QED) is 0.750. The topological polar surface area (TPSA) is 58.6 Å². The first-order valence-corrected chi connectivity index (χ1v) is 6.74. The predicted molar refractivity (Wildman–Crippen MR) is 67.0 cm³/mol. The summed E-state index contributed by atoms with van der Waals surface area (Å²) in [7, 11) is 0. The Hall–Kier alpha value is -0.940. The first kappa shape index (κ1) is 13.5. The normalized spacial score (nSPS) is 30.6. The highest BCUT2D eigenvalue weighted by Gasteiger charge is 2.41. The molecular formula is C13H22N2O3. The molecular weight excluding hydrogens is 232 g/mol. The fraction of sp³-hybridized carbons (Fsp3) is 0.846. The second-order valence-corrected chi connectivity index (χ2v) is 5.46. The Morgan fingerprint density at radius 2 is 2.06 bits per heavy atom. The van der Waals surface area contributed by atoms with Crippen LogP contribution in [0.2, 0.25) is 0 Å². The van der Waals surface area contributed by atoms with Gasteiger partial charge in [-0.05, 0) is 33.6 Å². The van der Waals surface area contributed by atoms with E-state index in [1.807, 2.05) is 20.8 Å². The van der Waals surface area contributed by atoms with Gasteiger partial charge in [-0.15, -0.1) is 0 Å². The smallest absolute Gasteiger partial charge is 0.247 e. The molecule has 0 aliphatic carbocycles. The summed E-state index contributed by atoms with van der Waals surface area (Å²) in [6, 6.07) is -0.324. The van der Waals surface area contributed by atoms with E-state index in [2.05, 4.69) is 5.32 Å². The van der Waals surface area contributed by atoms with Crippen LogP contribution in [0, 0.1) is 0 Å². The van der Waals surface area contributed by atoms with Crippen LogP contribution in [0.25, 0.3) is 0 Å². The van der Waals surface area contributed by atoms with Crippen LogP contribution in [0.5, 0.6) is 0 Å². The van der Waals surface area contributed by atoms with Gasteiger partial charge in [0.1, 0.15) is 0 Å². The molecule has 0 saturated carbocycles. The van der Waals surface area contributed by atoms with E-state index in [0.717, 1.165) is 19.4 Å². The van der Waals surface area contributed by atoms with E-state index >= 15 is 0 Å². The maximum atomic E-state index is 12.1. The molecule has 0 aromatic carbocycles. The molecule has 102 valence electrons. The minimum absolute atomic E-state index is 0.0603. The number of carbonyl (C=O) groups is 2. The van der Waals surface area contributed by atoms with Gasteiger partial charge in [0.25, 0.3) is 0 Å². The first-order valence-electron chi connectivity index (χ1n) is 6.74. The molecule has 0 aromatic heterocycles. The van der Waals surface area contributed by atoms with Crippen LogP contribution in [0.15, 0.2) is 0 Å². The minimum Gasteiger partial charge on any atom is -0.377 e. The van der Waals surface area contributed by atoms with Crippen molar-refractivity contribution < 1.29 is 14.3 Å². The molecule has 2 amide bonds. The number of rotatable bonds is 4. The fourth-order valence-electron chi connectivity index (χ4n) is 2.75. The number of nitrogens with zero attached hydrogens (tertiary/aromatic N) is 1. The van der Waals surface area contributed by atoms with Crippen molar-refractivity contribution in [3.8, 4) is 0 Å². The first-order chi connectivity index (χ1) is 8.50. The molecule has 2 rings (SSSR count). The molecule has 5 heteroatoms. The van der Waals surface area contributed by atoms with Crippen molar-refractivity contribution in [3.63, 3.8) is 0 Å². The van der Waals surface area contributed by atoms with Crippen molar-refractivity contribution in [2.75, 3.05) is 6.61 Å². The van der Waals surface area contributed by atoms with Crippen LogP contribution in [-0.4, -0.2) is 47.6 Å². The van der Waals surface area contributed by atoms with Gasteiger partial charge in [0.15, 0.2) is 0 Å². The molecule has 3 atom stereocenters. The van der Waals surface area contributed by atoms with E-state index in [-0.39, 0.29) is 42.5 Å². The monoisotopic (exact) mass is 254 g/mol. The molecule has 0 spiro atoms. The van der Waals surface area contributed by atoms with Crippen LogP contribution >= 0.6 is 0 Å². The number of imide groups is 1. The number of carbonyl (C=O) groups excluding carboxylic acids is 2. The summed E-state index contributed by atoms with van der Waals surface area (Å²) in [5.41, 5.74) is 0. The molecule has 2 fully saturated rings. The summed E-state index contributed by atoms with van der Waals surface area (Å²) in [4.78, 5) is 25.2. The number of amides is 2. The molecule has 18 heavy (non-hydrogen) atoms. The lowest BCUT2D eigenvalue weighted by atomic mass is 10.1. The molecule has 0 bridgehead atoms. The van der Waals surface area contributed by atoms with Gasteiger partial charge < -0.3 is 10.1 Å². The van der Waals surface area contributed by atoms with Crippen LogP contribution in [0.4, 0.5) is 0 Å². The third kappa shape index (κ3) is 2.57. The van der Waals surface area contributed by atoms with E-state index in [9.17, 15) is 9.59 Å². The van der Waals surface area contributed by atoms with Crippen LogP contribution in [0.3, 0.4) is 0 Å².